The van der Waals surface area contributed by atoms with Gasteiger partial charge in [0.2, 0.25) is 0 Å². The first-order valence-electron chi connectivity index (χ1n) is 5.88. The molecule has 2 aromatic heterocycles. The molecule has 0 amide bonds. The molecule has 0 atom stereocenters. The van der Waals surface area contributed by atoms with Crippen molar-refractivity contribution in [2.24, 2.45) is 0 Å². The molecule has 7 nitrogen and oxygen atoms in total. The molecule has 2 rings (SSSR count). The van der Waals surface area contributed by atoms with Gasteiger partial charge in [0.15, 0.2) is 0 Å². The van der Waals surface area contributed by atoms with Crippen molar-refractivity contribution in [1.82, 2.24) is 19.0 Å². The van der Waals surface area contributed by atoms with Crippen LogP contribution < -0.4 is 0 Å². The molecule has 0 saturated carbocycles. The predicted molar refractivity (Wildman–Crippen MR) is 70.0 cm³/mol. The Morgan fingerprint density at radius 2 is 1.84 bits per heavy atom. The fourth-order valence-electron chi connectivity index (χ4n) is 1.55. The maximum absolute atomic E-state index is 11.9. The van der Waals surface area contributed by atoms with Gasteiger partial charge in [-0.25, -0.2) is 8.42 Å². The molecular weight excluding hydrogens is 268 g/mol. The molecule has 0 radical (unpaired) electrons. The van der Waals surface area contributed by atoms with Gasteiger partial charge in [-0.2, -0.15) is 14.3 Å². The Morgan fingerprint density at radius 3 is 2.47 bits per heavy atom. The second-order valence-electron chi connectivity index (χ2n) is 4.41. The van der Waals surface area contributed by atoms with Crippen LogP contribution in [-0.4, -0.2) is 44.3 Å². The Kier molecular flexibility index (Phi) is 3.72. The average molecular weight is 284 g/mol. The third kappa shape index (κ3) is 2.69. The summed E-state index contributed by atoms with van der Waals surface area (Å²) in [6, 6.07) is 0. The highest BCUT2D eigenvalue weighted by Gasteiger charge is 2.19. The first kappa shape index (κ1) is 13.8. The molecule has 0 fully saturated rings. The summed E-state index contributed by atoms with van der Waals surface area (Å²) < 4.78 is 26.4. The van der Waals surface area contributed by atoms with Crippen molar-refractivity contribution in [3.8, 4) is 11.1 Å². The van der Waals surface area contributed by atoms with Crippen molar-refractivity contribution >= 4 is 10.0 Å². The lowest BCUT2D eigenvalue weighted by Gasteiger charge is -2.06. The van der Waals surface area contributed by atoms with E-state index in [1.807, 2.05) is 0 Å². The molecule has 0 aliphatic rings. The Labute approximate surface area is 111 Å². The minimum atomic E-state index is -3.43. The highest BCUT2D eigenvalue weighted by molar-refractivity contribution is 7.90. The largest absolute Gasteiger partial charge is 0.394 e. The summed E-state index contributed by atoms with van der Waals surface area (Å²) in [7, 11) is -3.43. The van der Waals surface area contributed by atoms with Gasteiger partial charge in [-0.3, -0.25) is 4.68 Å². The van der Waals surface area contributed by atoms with Gasteiger partial charge in [-0.05, 0) is 13.8 Å². The zero-order valence-electron chi connectivity index (χ0n) is 10.8. The van der Waals surface area contributed by atoms with Gasteiger partial charge >= 0.3 is 0 Å². The molecule has 0 aliphatic heterocycles. The van der Waals surface area contributed by atoms with Gasteiger partial charge in [0.05, 0.1) is 37.0 Å². The molecular formula is C11H16N4O3S. The van der Waals surface area contributed by atoms with Crippen LogP contribution in [0.2, 0.25) is 0 Å². The van der Waals surface area contributed by atoms with Gasteiger partial charge in [0.1, 0.15) is 0 Å². The van der Waals surface area contributed by atoms with Crippen molar-refractivity contribution in [3.63, 3.8) is 0 Å². The van der Waals surface area contributed by atoms with E-state index in [-0.39, 0.29) is 6.61 Å². The van der Waals surface area contributed by atoms with Crippen LogP contribution in [0.5, 0.6) is 0 Å². The van der Waals surface area contributed by atoms with Crippen molar-refractivity contribution in [2.75, 3.05) is 6.61 Å². The molecule has 0 bridgehead atoms. The number of aliphatic hydroxyl groups is 1. The Hall–Kier alpha value is -1.67. The SMILES string of the molecule is CC(C)S(=O)(=O)n1cc(-c2cnn(CCO)c2)cn1. The second kappa shape index (κ2) is 5.14. The normalized spacial score (nSPS) is 12.2. The van der Waals surface area contributed by atoms with E-state index in [0.29, 0.717) is 12.1 Å². The maximum atomic E-state index is 11.9. The van der Waals surface area contributed by atoms with Crippen LogP contribution in [0.15, 0.2) is 24.8 Å². The molecule has 2 heterocycles. The van der Waals surface area contributed by atoms with Crippen LogP contribution in [0.25, 0.3) is 11.1 Å². The molecule has 1 N–H and O–H groups in total. The predicted octanol–water partition coefficient (Wildman–Crippen LogP) is 0.325. The third-order valence-electron chi connectivity index (χ3n) is 2.71. The fourth-order valence-corrected chi connectivity index (χ4v) is 2.42. The van der Waals surface area contributed by atoms with E-state index in [4.69, 9.17) is 5.11 Å². The molecule has 0 aliphatic carbocycles. The molecule has 0 saturated heterocycles. The number of aliphatic hydroxyl groups excluding tert-OH is 1. The highest BCUT2D eigenvalue weighted by Crippen LogP contribution is 2.19. The summed E-state index contributed by atoms with van der Waals surface area (Å²) in [5.41, 5.74) is 1.44. The summed E-state index contributed by atoms with van der Waals surface area (Å²) in [5.74, 6) is 0. The van der Waals surface area contributed by atoms with E-state index in [1.165, 1.54) is 12.4 Å². The standard InChI is InChI=1S/C11H16N4O3S/c1-9(2)19(17,18)15-8-11(6-13-15)10-5-12-14(7-10)3-4-16/h5-9,16H,3-4H2,1-2H3. The number of rotatable bonds is 5. The van der Waals surface area contributed by atoms with Crippen LogP contribution in [0, 0.1) is 0 Å². The smallest absolute Gasteiger partial charge is 0.256 e. The quantitative estimate of drug-likeness (QED) is 0.854. The maximum Gasteiger partial charge on any atom is 0.256 e. The van der Waals surface area contributed by atoms with Gasteiger partial charge in [-0.15, -0.1) is 0 Å². The van der Waals surface area contributed by atoms with Crippen LogP contribution in [0.1, 0.15) is 13.8 Å². The van der Waals surface area contributed by atoms with Gasteiger partial charge < -0.3 is 5.11 Å². The van der Waals surface area contributed by atoms with Crippen molar-refractivity contribution < 1.29 is 13.5 Å². The van der Waals surface area contributed by atoms with E-state index in [9.17, 15) is 8.42 Å². The van der Waals surface area contributed by atoms with Crippen LogP contribution >= 0.6 is 0 Å². The lowest BCUT2D eigenvalue weighted by atomic mass is 10.2. The lowest BCUT2D eigenvalue weighted by Crippen LogP contribution is -2.22. The average Bonchev–Trinajstić information content (AvgIpc) is 2.96. The number of nitrogens with zero attached hydrogens (tertiary/aromatic N) is 4. The highest BCUT2D eigenvalue weighted by atomic mass is 32.2. The fraction of sp³-hybridized carbons (Fsp3) is 0.455. The summed E-state index contributed by atoms with van der Waals surface area (Å²) in [5, 5.41) is 16.2. The first-order chi connectivity index (χ1) is 8.95. The van der Waals surface area contributed by atoms with Gasteiger partial charge in [-0.1, -0.05) is 0 Å². The summed E-state index contributed by atoms with van der Waals surface area (Å²) in [6.07, 6.45) is 6.30. The van der Waals surface area contributed by atoms with E-state index in [0.717, 1.165) is 9.65 Å². The van der Waals surface area contributed by atoms with Crippen molar-refractivity contribution in [3.05, 3.63) is 24.8 Å². The molecule has 104 valence electrons. The first-order valence-corrected chi connectivity index (χ1v) is 7.38. The zero-order chi connectivity index (χ0) is 14.0. The van der Waals surface area contributed by atoms with Gasteiger partial charge in [0, 0.05) is 17.3 Å². The number of hydrogen-bond acceptors (Lipinski definition) is 5. The van der Waals surface area contributed by atoms with Crippen LogP contribution in [0.4, 0.5) is 0 Å². The second-order valence-corrected chi connectivity index (χ2v) is 6.76. The topological polar surface area (TPSA) is 90.0 Å². The summed E-state index contributed by atoms with van der Waals surface area (Å²) in [4.78, 5) is 0. The zero-order valence-corrected chi connectivity index (χ0v) is 11.6. The number of hydrogen-bond donors (Lipinski definition) is 1. The van der Waals surface area contributed by atoms with E-state index in [2.05, 4.69) is 10.2 Å². The molecule has 0 spiro atoms. The van der Waals surface area contributed by atoms with Crippen LogP contribution in [0.3, 0.4) is 0 Å². The lowest BCUT2D eigenvalue weighted by molar-refractivity contribution is 0.269. The third-order valence-corrected chi connectivity index (χ3v) is 4.62. The summed E-state index contributed by atoms with van der Waals surface area (Å²) >= 11 is 0. The van der Waals surface area contributed by atoms with Crippen LogP contribution in [-0.2, 0) is 16.6 Å². The number of aromatic nitrogens is 4. The Morgan fingerprint density at radius 1 is 1.21 bits per heavy atom. The monoisotopic (exact) mass is 284 g/mol. The molecule has 19 heavy (non-hydrogen) atoms. The molecule has 8 heteroatoms. The Balaban J connectivity index is 2.30. The van der Waals surface area contributed by atoms with E-state index in [1.54, 1.807) is 30.9 Å². The Bertz CT molecular complexity index is 657. The van der Waals surface area contributed by atoms with Crippen molar-refractivity contribution in [1.29, 1.82) is 0 Å². The summed E-state index contributed by atoms with van der Waals surface area (Å²) in [6.45, 7) is 3.62. The van der Waals surface area contributed by atoms with Gasteiger partial charge in [0.25, 0.3) is 10.0 Å². The molecule has 2 aromatic rings. The van der Waals surface area contributed by atoms with E-state index < -0.39 is 15.3 Å². The minimum Gasteiger partial charge on any atom is -0.394 e. The molecule has 0 unspecified atom stereocenters. The van der Waals surface area contributed by atoms with E-state index >= 15 is 0 Å². The minimum absolute atomic E-state index is 0.00209. The van der Waals surface area contributed by atoms with Crippen molar-refractivity contribution in [2.45, 2.75) is 25.6 Å². The molecule has 0 aromatic carbocycles.